The van der Waals surface area contributed by atoms with Gasteiger partial charge in [-0.2, -0.15) is 0 Å². The first-order chi connectivity index (χ1) is 9.28. The molecule has 2 N–H and O–H groups in total. The van der Waals surface area contributed by atoms with Crippen molar-refractivity contribution in [3.63, 3.8) is 0 Å². The Kier molecular flexibility index (Phi) is 5.41. The molecule has 0 spiro atoms. The summed E-state index contributed by atoms with van der Waals surface area (Å²) < 4.78 is 0. The summed E-state index contributed by atoms with van der Waals surface area (Å²) in [7, 11) is 0. The lowest BCUT2D eigenvalue weighted by molar-refractivity contribution is 0.180. The molecule has 0 aliphatic heterocycles. The molecule has 106 valence electrons. The predicted octanol–water partition coefficient (Wildman–Crippen LogP) is 3.12. The molecule has 2 heteroatoms. The number of benzene rings is 1. The summed E-state index contributed by atoms with van der Waals surface area (Å²) in [4.78, 5) is 2.69. The highest BCUT2D eigenvalue weighted by molar-refractivity contribution is 5.34. The van der Waals surface area contributed by atoms with Crippen LogP contribution in [0, 0.1) is 0 Å². The second-order valence-electron chi connectivity index (χ2n) is 5.74. The largest absolute Gasteiger partial charge is 0.326 e. The van der Waals surface area contributed by atoms with E-state index in [4.69, 9.17) is 5.73 Å². The zero-order valence-electron chi connectivity index (χ0n) is 12.5. The number of rotatable bonds is 6. The summed E-state index contributed by atoms with van der Waals surface area (Å²) in [5, 5.41) is 0. The van der Waals surface area contributed by atoms with Gasteiger partial charge in [0.15, 0.2) is 0 Å². The van der Waals surface area contributed by atoms with E-state index < -0.39 is 0 Å². The van der Waals surface area contributed by atoms with Crippen LogP contribution in [0.15, 0.2) is 18.2 Å². The van der Waals surface area contributed by atoms with E-state index in [0.717, 1.165) is 6.04 Å². The second-order valence-corrected chi connectivity index (χ2v) is 5.74. The standard InChI is InChI=1S/C17H28N2/c1-3-9-19(10-4-2)17-8-7-15-6-5-14(13-18)11-16(15)12-17/h5-6,11,17H,3-4,7-10,12-13,18H2,1-2H3/t17-/m1/s1. The molecule has 0 heterocycles. The van der Waals surface area contributed by atoms with E-state index in [1.807, 2.05) is 0 Å². The number of nitrogens with zero attached hydrogens (tertiary/aromatic N) is 1. The van der Waals surface area contributed by atoms with E-state index in [9.17, 15) is 0 Å². The van der Waals surface area contributed by atoms with Crippen LogP contribution in [0.1, 0.15) is 49.8 Å². The number of hydrogen-bond acceptors (Lipinski definition) is 2. The summed E-state index contributed by atoms with van der Waals surface area (Å²) >= 11 is 0. The van der Waals surface area contributed by atoms with E-state index in [1.165, 1.54) is 56.3 Å². The Morgan fingerprint density at radius 3 is 2.53 bits per heavy atom. The van der Waals surface area contributed by atoms with E-state index in [-0.39, 0.29) is 0 Å². The van der Waals surface area contributed by atoms with Gasteiger partial charge >= 0.3 is 0 Å². The molecule has 2 nitrogen and oxygen atoms in total. The topological polar surface area (TPSA) is 29.3 Å². The van der Waals surface area contributed by atoms with Crippen LogP contribution in [0.3, 0.4) is 0 Å². The molecule has 19 heavy (non-hydrogen) atoms. The Morgan fingerprint density at radius 1 is 1.16 bits per heavy atom. The van der Waals surface area contributed by atoms with Crippen LogP contribution in [0.4, 0.5) is 0 Å². The average molecular weight is 260 g/mol. The smallest absolute Gasteiger partial charge is 0.0178 e. The zero-order chi connectivity index (χ0) is 13.7. The zero-order valence-corrected chi connectivity index (χ0v) is 12.5. The first kappa shape index (κ1) is 14.5. The van der Waals surface area contributed by atoms with Gasteiger partial charge in [0.1, 0.15) is 0 Å². The molecular formula is C17H28N2. The predicted molar refractivity (Wildman–Crippen MR) is 82.3 cm³/mol. The quantitative estimate of drug-likeness (QED) is 0.851. The molecule has 1 aliphatic carbocycles. The minimum absolute atomic E-state index is 0.658. The van der Waals surface area contributed by atoms with Gasteiger partial charge < -0.3 is 10.6 Å². The second kappa shape index (κ2) is 7.06. The molecule has 1 aromatic rings. The van der Waals surface area contributed by atoms with Gasteiger partial charge in [0.2, 0.25) is 0 Å². The Hall–Kier alpha value is -0.860. The minimum Gasteiger partial charge on any atom is -0.326 e. The normalized spacial score (nSPS) is 18.6. The molecule has 2 rings (SSSR count). The summed E-state index contributed by atoms with van der Waals surface area (Å²) in [6.45, 7) is 7.71. The number of fused-ring (bicyclic) bond motifs is 1. The SMILES string of the molecule is CCCN(CCC)[C@@H]1CCc2ccc(CN)cc2C1. The van der Waals surface area contributed by atoms with Crippen molar-refractivity contribution in [2.75, 3.05) is 13.1 Å². The number of aryl methyl sites for hydroxylation is 1. The Bertz CT molecular complexity index is 394. The van der Waals surface area contributed by atoms with Gasteiger partial charge in [0.05, 0.1) is 0 Å². The van der Waals surface area contributed by atoms with E-state index >= 15 is 0 Å². The fourth-order valence-corrected chi connectivity index (χ4v) is 3.28. The van der Waals surface area contributed by atoms with Crippen molar-refractivity contribution in [3.05, 3.63) is 34.9 Å². The molecule has 0 aromatic heterocycles. The number of hydrogen-bond donors (Lipinski definition) is 1. The van der Waals surface area contributed by atoms with E-state index in [1.54, 1.807) is 5.56 Å². The Morgan fingerprint density at radius 2 is 1.89 bits per heavy atom. The molecule has 1 aliphatic rings. The molecule has 0 bridgehead atoms. The molecule has 1 aromatic carbocycles. The monoisotopic (exact) mass is 260 g/mol. The summed E-state index contributed by atoms with van der Waals surface area (Å²) in [6, 6.07) is 7.55. The summed E-state index contributed by atoms with van der Waals surface area (Å²) in [5.74, 6) is 0. The average Bonchev–Trinajstić information content (AvgIpc) is 2.46. The molecule has 0 saturated carbocycles. The van der Waals surface area contributed by atoms with Crippen LogP contribution < -0.4 is 5.73 Å². The minimum atomic E-state index is 0.658. The van der Waals surface area contributed by atoms with Crippen LogP contribution in [-0.2, 0) is 19.4 Å². The Balaban J connectivity index is 2.10. The molecule has 0 radical (unpaired) electrons. The lowest BCUT2D eigenvalue weighted by Crippen LogP contribution is -2.40. The van der Waals surface area contributed by atoms with Crippen LogP contribution in [0.25, 0.3) is 0 Å². The van der Waals surface area contributed by atoms with Gasteiger partial charge in [-0.15, -0.1) is 0 Å². The van der Waals surface area contributed by atoms with Gasteiger partial charge in [-0.05, 0) is 61.9 Å². The van der Waals surface area contributed by atoms with Gasteiger partial charge in [-0.25, -0.2) is 0 Å². The summed E-state index contributed by atoms with van der Waals surface area (Å²) in [5.41, 5.74) is 10.1. The third kappa shape index (κ3) is 3.58. The van der Waals surface area contributed by atoms with E-state index in [2.05, 4.69) is 36.9 Å². The fourth-order valence-electron chi connectivity index (χ4n) is 3.28. The third-order valence-electron chi connectivity index (χ3n) is 4.25. The van der Waals surface area contributed by atoms with Crippen LogP contribution >= 0.6 is 0 Å². The van der Waals surface area contributed by atoms with E-state index in [0.29, 0.717) is 6.54 Å². The lowest BCUT2D eigenvalue weighted by Gasteiger charge is -2.35. The van der Waals surface area contributed by atoms with Crippen molar-refractivity contribution in [3.8, 4) is 0 Å². The lowest BCUT2D eigenvalue weighted by atomic mass is 9.86. The first-order valence-electron chi connectivity index (χ1n) is 7.83. The first-order valence-corrected chi connectivity index (χ1v) is 7.83. The molecule has 0 amide bonds. The molecule has 0 fully saturated rings. The van der Waals surface area contributed by atoms with Gasteiger partial charge in [0, 0.05) is 12.6 Å². The van der Waals surface area contributed by atoms with Crippen LogP contribution in [0.5, 0.6) is 0 Å². The van der Waals surface area contributed by atoms with Crippen molar-refractivity contribution < 1.29 is 0 Å². The molecular weight excluding hydrogens is 232 g/mol. The highest BCUT2D eigenvalue weighted by Crippen LogP contribution is 2.26. The van der Waals surface area contributed by atoms with Crippen LogP contribution in [0.2, 0.25) is 0 Å². The van der Waals surface area contributed by atoms with Gasteiger partial charge in [-0.3, -0.25) is 0 Å². The fraction of sp³-hybridized carbons (Fsp3) is 0.647. The van der Waals surface area contributed by atoms with Crippen LogP contribution in [-0.4, -0.2) is 24.0 Å². The van der Waals surface area contributed by atoms with Gasteiger partial charge in [0.25, 0.3) is 0 Å². The maximum Gasteiger partial charge on any atom is 0.0178 e. The van der Waals surface area contributed by atoms with Crippen molar-refractivity contribution >= 4 is 0 Å². The third-order valence-corrected chi connectivity index (χ3v) is 4.25. The highest BCUT2D eigenvalue weighted by Gasteiger charge is 2.23. The van der Waals surface area contributed by atoms with Crippen molar-refractivity contribution in [1.29, 1.82) is 0 Å². The van der Waals surface area contributed by atoms with Crippen molar-refractivity contribution in [2.45, 2.75) is 58.5 Å². The maximum absolute atomic E-state index is 5.76. The van der Waals surface area contributed by atoms with Gasteiger partial charge in [-0.1, -0.05) is 32.0 Å². The van der Waals surface area contributed by atoms with Crippen molar-refractivity contribution in [2.24, 2.45) is 5.73 Å². The number of nitrogens with two attached hydrogens (primary N) is 1. The molecule has 0 unspecified atom stereocenters. The molecule has 1 atom stereocenters. The van der Waals surface area contributed by atoms with Crippen molar-refractivity contribution in [1.82, 2.24) is 4.90 Å². The Labute approximate surface area is 118 Å². The molecule has 0 saturated heterocycles. The maximum atomic E-state index is 5.76. The summed E-state index contributed by atoms with van der Waals surface area (Å²) in [6.07, 6.45) is 6.27. The highest BCUT2D eigenvalue weighted by atomic mass is 15.1.